The highest BCUT2D eigenvalue weighted by atomic mass is 14.9. The Bertz CT molecular complexity index is 240. The van der Waals surface area contributed by atoms with Gasteiger partial charge < -0.3 is 10.3 Å². The van der Waals surface area contributed by atoms with E-state index in [1.54, 1.807) is 0 Å². The summed E-state index contributed by atoms with van der Waals surface area (Å²) in [5.41, 5.74) is 6.86. The van der Waals surface area contributed by atoms with Gasteiger partial charge in [0, 0.05) is 18.9 Å². The first-order valence-corrected chi connectivity index (χ1v) is 5.71. The minimum atomic E-state index is 0.750. The fourth-order valence-electron chi connectivity index (χ4n) is 1.67. The van der Waals surface area contributed by atoms with E-state index in [9.17, 15) is 0 Å². The summed E-state index contributed by atoms with van der Waals surface area (Å²) in [6.45, 7) is 4.15. The number of nitrogens with two attached hydrogens (primary N) is 1. The second-order valence-corrected chi connectivity index (χ2v) is 3.86. The maximum atomic E-state index is 5.50. The van der Waals surface area contributed by atoms with Crippen LogP contribution in [-0.2, 0) is 13.0 Å². The van der Waals surface area contributed by atoms with Crippen molar-refractivity contribution >= 4 is 0 Å². The Balaban J connectivity index is 2.22. The smallest absolute Gasteiger partial charge is 0.0219 e. The molecular weight excluding hydrogens is 172 g/mol. The SMILES string of the molecule is CCCCCCn1ccc(CCN)c1. The van der Waals surface area contributed by atoms with Gasteiger partial charge in [0.2, 0.25) is 0 Å². The fourth-order valence-corrected chi connectivity index (χ4v) is 1.67. The van der Waals surface area contributed by atoms with Crippen LogP contribution in [0.15, 0.2) is 18.5 Å². The number of aromatic nitrogens is 1. The van der Waals surface area contributed by atoms with Crippen LogP contribution in [0.1, 0.15) is 38.2 Å². The Hall–Kier alpha value is -0.760. The molecule has 0 aliphatic heterocycles. The molecule has 80 valence electrons. The molecule has 0 fully saturated rings. The van der Waals surface area contributed by atoms with Crippen molar-refractivity contribution in [1.82, 2.24) is 4.57 Å². The van der Waals surface area contributed by atoms with Gasteiger partial charge in [0.25, 0.3) is 0 Å². The van der Waals surface area contributed by atoms with E-state index in [4.69, 9.17) is 5.73 Å². The zero-order valence-corrected chi connectivity index (χ0v) is 9.21. The standard InChI is InChI=1S/C12H22N2/c1-2-3-4-5-9-14-10-7-12(11-14)6-8-13/h7,10-11H,2-6,8-9,13H2,1H3. The molecule has 0 bridgehead atoms. The van der Waals surface area contributed by atoms with Crippen molar-refractivity contribution in [2.24, 2.45) is 5.73 Å². The lowest BCUT2D eigenvalue weighted by Crippen LogP contribution is -2.01. The van der Waals surface area contributed by atoms with Crippen LogP contribution in [0.25, 0.3) is 0 Å². The zero-order valence-electron chi connectivity index (χ0n) is 9.21. The van der Waals surface area contributed by atoms with E-state index in [1.807, 2.05) is 0 Å². The molecule has 2 heteroatoms. The van der Waals surface area contributed by atoms with Crippen molar-refractivity contribution in [3.05, 3.63) is 24.0 Å². The average Bonchev–Trinajstić information content (AvgIpc) is 2.61. The number of unbranched alkanes of at least 4 members (excludes halogenated alkanes) is 3. The van der Waals surface area contributed by atoms with Crippen LogP contribution in [0.2, 0.25) is 0 Å². The monoisotopic (exact) mass is 194 g/mol. The lowest BCUT2D eigenvalue weighted by atomic mass is 10.2. The second-order valence-electron chi connectivity index (χ2n) is 3.86. The molecule has 0 aliphatic rings. The molecule has 1 aromatic rings. The highest BCUT2D eigenvalue weighted by Crippen LogP contribution is 2.05. The van der Waals surface area contributed by atoms with E-state index in [2.05, 4.69) is 30.0 Å². The van der Waals surface area contributed by atoms with Crippen molar-refractivity contribution in [3.63, 3.8) is 0 Å². The van der Waals surface area contributed by atoms with Crippen LogP contribution in [0.3, 0.4) is 0 Å². The molecular formula is C12H22N2. The third kappa shape index (κ3) is 3.97. The maximum Gasteiger partial charge on any atom is 0.0219 e. The normalized spacial score (nSPS) is 10.7. The van der Waals surface area contributed by atoms with E-state index in [1.165, 1.54) is 31.2 Å². The quantitative estimate of drug-likeness (QED) is 0.664. The van der Waals surface area contributed by atoms with Gasteiger partial charge in [-0.05, 0) is 31.0 Å². The molecule has 1 aromatic heterocycles. The molecule has 0 aliphatic carbocycles. The maximum absolute atomic E-state index is 5.50. The predicted molar refractivity (Wildman–Crippen MR) is 61.3 cm³/mol. The molecule has 0 radical (unpaired) electrons. The summed E-state index contributed by atoms with van der Waals surface area (Å²) < 4.78 is 2.28. The Morgan fingerprint density at radius 2 is 2.14 bits per heavy atom. The summed E-state index contributed by atoms with van der Waals surface area (Å²) in [6.07, 6.45) is 10.7. The van der Waals surface area contributed by atoms with E-state index < -0.39 is 0 Å². The Morgan fingerprint density at radius 3 is 2.86 bits per heavy atom. The molecule has 0 spiro atoms. The van der Waals surface area contributed by atoms with Gasteiger partial charge in [0.05, 0.1) is 0 Å². The van der Waals surface area contributed by atoms with Crippen molar-refractivity contribution in [2.45, 2.75) is 45.6 Å². The largest absolute Gasteiger partial charge is 0.354 e. The van der Waals surface area contributed by atoms with Gasteiger partial charge in [0.1, 0.15) is 0 Å². The Kier molecular flexibility index (Phi) is 5.38. The summed E-state index contributed by atoms with van der Waals surface area (Å²) in [6, 6.07) is 2.17. The van der Waals surface area contributed by atoms with Crippen LogP contribution >= 0.6 is 0 Å². The van der Waals surface area contributed by atoms with Crippen LogP contribution in [-0.4, -0.2) is 11.1 Å². The minimum absolute atomic E-state index is 0.750. The van der Waals surface area contributed by atoms with Gasteiger partial charge in [-0.25, -0.2) is 0 Å². The molecule has 0 unspecified atom stereocenters. The van der Waals surface area contributed by atoms with Crippen LogP contribution in [0, 0.1) is 0 Å². The molecule has 2 N–H and O–H groups in total. The average molecular weight is 194 g/mol. The first-order valence-electron chi connectivity index (χ1n) is 5.71. The molecule has 1 rings (SSSR count). The fraction of sp³-hybridized carbons (Fsp3) is 0.667. The second kappa shape index (κ2) is 6.66. The number of rotatable bonds is 7. The van der Waals surface area contributed by atoms with Crippen LogP contribution < -0.4 is 5.73 Å². The molecule has 14 heavy (non-hydrogen) atoms. The van der Waals surface area contributed by atoms with Crippen LogP contribution in [0.5, 0.6) is 0 Å². The summed E-state index contributed by atoms with van der Waals surface area (Å²) >= 11 is 0. The number of nitrogens with zero attached hydrogens (tertiary/aromatic N) is 1. The summed E-state index contributed by atoms with van der Waals surface area (Å²) in [7, 11) is 0. The molecule has 0 saturated carbocycles. The van der Waals surface area contributed by atoms with Crippen molar-refractivity contribution in [3.8, 4) is 0 Å². The van der Waals surface area contributed by atoms with E-state index in [-0.39, 0.29) is 0 Å². The zero-order chi connectivity index (χ0) is 10.2. The summed E-state index contributed by atoms with van der Waals surface area (Å²) in [4.78, 5) is 0. The molecule has 0 amide bonds. The minimum Gasteiger partial charge on any atom is -0.354 e. The third-order valence-electron chi connectivity index (χ3n) is 2.51. The van der Waals surface area contributed by atoms with E-state index in [0.29, 0.717) is 0 Å². The van der Waals surface area contributed by atoms with Gasteiger partial charge in [0.15, 0.2) is 0 Å². The van der Waals surface area contributed by atoms with Crippen LogP contribution in [0.4, 0.5) is 0 Å². The number of hydrogen-bond acceptors (Lipinski definition) is 1. The topological polar surface area (TPSA) is 30.9 Å². The molecule has 0 saturated heterocycles. The highest BCUT2D eigenvalue weighted by molar-refractivity contribution is 5.10. The van der Waals surface area contributed by atoms with Crippen molar-refractivity contribution < 1.29 is 0 Å². The summed E-state index contributed by atoms with van der Waals surface area (Å²) in [5, 5.41) is 0. The van der Waals surface area contributed by atoms with E-state index >= 15 is 0 Å². The molecule has 0 atom stereocenters. The molecule has 0 aromatic carbocycles. The predicted octanol–water partition coefficient (Wildman–Crippen LogP) is 2.57. The molecule has 2 nitrogen and oxygen atoms in total. The highest BCUT2D eigenvalue weighted by Gasteiger charge is 1.95. The lowest BCUT2D eigenvalue weighted by molar-refractivity contribution is 0.583. The first-order chi connectivity index (χ1) is 6.86. The Morgan fingerprint density at radius 1 is 1.29 bits per heavy atom. The summed E-state index contributed by atoms with van der Waals surface area (Å²) in [5.74, 6) is 0. The number of aryl methyl sites for hydroxylation is 1. The lowest BCUT2D eigenvalue weighted by Gasteiger charge is -2.01. The first kappa shape index (κ1) is 11.3. The van der Waals surface area contributed by atoms with Gasteiger partial charge >= 0.3 is 0 Å². The van der Waals surface area contributed by atoms with Gasteiger partial charge in [-0.3, -0.25) is 0 Å². The van der Waals surface area contributed by atoms with Gasteiger partial charge in [-0.15, -0.1) is 0 Å². The van der Waals surface area contributed by atoms with Gasteiger partial charge in [-0.2, -0.15) is 0 Å². The third-order valence-corrected chi connectivity index (χ3v) is 2.51. The molecule has 1 heterocycles. The Labute approximate surface area is 87.1 Å². The van der Waals surface area contributed by atoms with Crippen molar-refractivity contribution in [1.29, 1.82) is 0 Å². The number of hydrogen-bond donors (Lipinski definition) is 1. The van der Waals surface area contributed by atoms with E-state index in [0.717, 1.165) is 19.5 Å². The van der Waals surface area contributed by atoms with Gasteiger partial charge in [-0.1, -0.05) is 26.2 Å². The van der Waals surface area contributed by atoms with Crippen molar-refractivity contribution in [2.75, 3.05) is 6.54 Å².